The third kappa shape index (κ3) is 3.86. The average Bonchev–Trinajstić information content (AvgIpc) is 3.09. The van der Waals surface area contributed by atoms with Crippen molar-refractivity contribution in [1.29, 1.82) is 0 Å². The quantitative estimate of drug-likeness (QED) is 0.722. The molecule has 28 heavy (non-hydrogen) atoms. The molecule has 1 aliphatic heterocycles. The molecule has 0 radical (unpaired) electrons. The van der Waals surface area contributed by atoms with Crippen LogP contribution in [0.1, 0.15) is 21.8 Å². The van der Waals surface area contributed by atoms with Crippen molar-refractivity contribution >= 4 is 11.9 Å². The van der Waals surface area contributed by atoms with Gasteiger partial charge in [0.15, 0.2) is 0 Å². The molecule has 8 nitrogen and oxygen atoms in total. The number of carboxylic acid groups (broad SMARTS) is 1. The number of nitrogens with zero attached hydrogens (tertiary/aromatic N) is 5. The largest absolute Gasteiger partial charge is 0.478 e. The molecule has 8 heteroatoms. The Morgan fingerprint density at radius 3 is 2.43 bits per heavy atom. The normalized spacial score (nSPS) is 15.0. The van der Waals surface area contributed by atoms with Gasteiger partial charge in [0.25, 0.3) is 0 Å². The molecule has 0 aliphatic carbocycles. The van der Waals surface area contributed by atoms with E-state index in [0.717, 1.165) is 49.1 Å². The second kappa shape index (κ2) is 7.77. The number of piperazine rings is 1. The predicted octanol–water partition coefficient (Wildman–Crippen LogP) is 2.46. The van der Waals surface area contributed by atoms with E-state index in [0.29, 0.717) is 12.4 Å². The van der Waals surface area contributed by atoms with E-state index in [2.05, 4.69) is 24.8 Å². The van der Waals surface area contributed by atoms with Crippen molar-refractivity contribution in [3.05, 3.63) is 59.7 Å². The first-order valence-corrected chi connectivity index (χ1v) is 9.14. The molecule has 0 spiro atoms. The van der Waals surface area contributed by atoms with Gasteiger partial charge in [-0.3, -0.25) is 4.90 Å². The van der Waals surface area contributed by atoms with E-state index in [-0.39, 0.29) is 5.56 Å². The summed E-state index contributed by atoms with van der Waals surface area (Å²) in [4.78, 5) is 28.8. The Hall–Kier alpha value is -3.26. The van der Waals surface area contributed by atoms with Gasteiger partial charge in [-0.15, -0.1) is 0 Å². The lowest BCUT2D eigenvalue weighted by molar-refractivity contribution is 0.0697. The highest BCUT2D eigenvalue weighted by atomic mass is 16.4. The van der Waals surface area contributed by atoms with Crippen molar-refractivity contribution in [1.82, 2.24) is 19.9 Å². The lowest BCUT2D eigenvalue weighted by Gasteiger charge is -2.34. The van der Waals surface area contributed by atoms with Gasteiger partial charge in [0.05, 0.1) is 11.3 Å². The average molecular weight is 379 g/mol. The smallest absolute Gasteiger partial charge is 0.335 e. The summed E-state index contributed by atoms with van der Waals surface area (Å²) in [6.45, 7) is 6.15. The number of aryl methyl sites for hydroxylation is 1. The van der Waals surface area contributed by atoms with Gasteiger partial charge < -0.3 is 14.4 Å². The summed E-state index contributed by atoms with van der Waals surface area (Å²) >= 11 is 0. The second-order valence-corrected chi connectivity index (χ2v) is 6.72. The number of aromatic carboxylic acids is 1. The highest BCUT2D eigenvalue weighted by molar-refractivity contribution is 5.88. The third-order valence-electron chi connectivity index (χ3n) is 4.85. The molecule has 1 aromatic carbocycles. The summed E-state index contributed by atoms with van der Waals surface area (Å²) in [5.41, 5.74) is 1.92. The lowest BCUT2D eigenvalue weighted by Crippen LogP contribution is -2.46. The molecule has 0 atom stereocenters. The number of oxazole rings is 1. The van der Waals surface area contributed by atoms with Crippen LogP contribution in [0.3, 0.4) is 0 Å². The number of carbonyl (C=O) groups is 1. The Labute approximate surface area is 162 Å². The summed E-state index contributed by atoms with van der Waals surface area (Å²) in [6, 6.07) is 8.37. The second-order valence-electron chi connectivity index (χ2n) is 6.72. The van der Waals surface area contributed by atoms with Gasteiger partial charge in [0.1, 0.15) is 5.76 Å². The standard InChI is InChI=1S/C20H21N5O3/c1-14-17(23-18(28-14)15-3-5-16(6-4-15)19(26)27)13-24-9-11-25(12-10-24)20-21-7-2-8-22-20/h2-8H,9-13H2,1H3,(H,26,27). The van der Waals surface area contributed by atoms with Crippen LogP contribution in [0.4, 0.5) is 5.95 Å². The molecule has 3 aromatic rings. The van der Waals surface area contributed by atoms with Gasteiger partial charge in [0.2, 0.25) is 11.8 Å². The van der Waals surface area contributed by atoms with Crippen LogP contribution in [-0.4, -0.2) is 57.1 Å². The SMILES string of the molecule is Cc1oc(-c2ccc(C(=O)O)cc2)nc1CN1CCN(c2ncccn2)CC1. The van der Waals surface area contributed by atoms with Crippen molar-refractivity contribution < 1.29 is 14.3 Å². The fourth-order valence-corrected chi connectivity index (χ4v) is 3.23. The van der Waals surface area contributed by atoms with Crippen LogP contribution >= 0.6 is 0 Å². The number of anilines is 1. The molecule has 1 fully saturated rings. The van der Waals surface area contributed by atoms with Gasteiger partial charge in [-0.05, 0) is 37.3 Å². The van der Waals surface area contributed by atoms with Gasteiger partial charge >= 0.3 is 5.97 Å². The van der Waals surface area contributed by atoms with Crippen LogP contribution in [0.15, 0.2) is 47.1 Å². The Balaban J connectivity index is 1.40. The molecule has 0 bridgehead atoms. The molecule has 144 valence electrons. The fraction of sp³-hybridized carbons (Fsp3) is 0.300. The number of aromatic nitrogens is 3. The van der Waals surface area contributed by atoms with Crippen molar-refractivity contribution in [3.8, 4) is 11.5 Å². The zero-order valence-electron chi connectivity index (χ0n) is 15.6. The van der Waals surface area contributed by atoms with Gasteiger partial charge in [-0.2, -0.15) is 0 Å². The van der Waals surface area contributed by atoms with Crippen molar-refractivity contribution in [2.45, 2.75) is 13.5 Å². The van der Waals surface area contributed by atoms with Crippen LogP contribution in [0.25, 0.3) is 11.5 Å². The number of carboxylic acids is 1. The maximum absolute atomic E-state index is 11.0. The highest BCUT2D eigenvalue weighted by Gasteiger charge is 2.21. The molecule has 4 rings (SSSR count). The van der Waals surface area contributed by atoms with Gasteiger partial charge in [-0.25, -0.2) is 19.7 Å². The van der Waals surface area contributed by atoms with Crippen molar-refractivity contribution in [2.24, 2.45) is 0 Å². The summed E-state index contributed by atoms with van der Waals surface area (Å²) in [5.74, 6) is 1.12. The maximum atomic E-state index is 11.0. The maximum Gasteiger partial charge on any atom is 0.335 e. The Kier molecular flexibility index (Phi) is 5.03. The molecule has 3 heterocycles. The molecule has 0 saturated carbocycles. The molecule has 1 N–H and O–H groups in total. The number of hydrogen-bond acceptors (Lipinski definition) is 7. The minimum absolute atomic E-state index is 0.243. The van der Waals surface area contributed by atoms with Crippen molar-refractivity contribution in [2.75, 3.05) is 31.1 Å². The molecule has 1 saturated heterocycles. The minimum Gasteiger partial charge on any atom is -0.478 e. The lowest BCUT2D eigenvalue weighted by atomic mass is 10.1. The van der Waals surface area contributed by atoms with Crippen LogP contribution in [0.2, 0.25) is 0 Å². The Morgan fingerprint density at radius 2 is 1.79 bits per heavy atom. The molecule has 1 aliphatic rings. The third-order valence-corrected chi connectivity index (χ3v) is 4.85. The molecular weight excluding hydrogens is 358 g/mol. The first-order chi connectivity index (χ1) is 13.6. The molecular formula is C20H21N5O3. The van der Waals surface area contributed by atoms with Crippen LogP contribution < -0.4 is 4.90 Å². The molecule has 0 unspecified atom stereocenters. The van der Waals surface area contributed by atoms with Crippen LogP contribution in [0.5, 0.6) is 0 Å². The Morgan fingerprint density at radius 1 is 1.11 bits per heavy atom. The van der Waals surface area contributed by atoms with E-state index in [9.17, 15) is 4.79 Å². The van der Waals surface area contributed by atoms with Gasteiger partial charge in [-0.1, -0.05) is 0 Å². The summed E-state index contributed by atoms with van der Waals surface area (Å²) in [5, 5.41) is 9.01. The first-order valence-electron chi connectivity index (χ1n) is 9.14. The van der Waals surface area contributed by atoms with E-state index in [1.54, 1.807) is 36.7 Å². The monoisotopic (exact) mass is 379 g/mol. The minimum atomic E-state index is -0.948. The summed E-state index contributed by atoms with van der Waals surface area (Å²) < 4.78 is 5.82. The highest BCUT2D eigenvalue weighted by Crippen LogP contribution is 2.23. The zero-order valence-corrected chi connectivity index (χ0v) is 15.6. The van der Waals surface area contributed by atoms with E-state index < -0.39 is 5.97 Å². The predicted molar refractivity (Wildman–Crippen MR) is 103 cm³/mol. The summed E-state index contributed by atoms with van der Waals surface area (Å²) in [6.07, 6.45) is 3.52. The molecule has 0 amide bonds. The summed E-state index contributed by atoms with van der Waals surface area (Å²) in [7, 11) is 0. The number of rotatable bonds is 5. The number of benzene rings is 1. The van der Waals surface area contributed by atoms with Crippen molar-refractivity contribution in [3.63, 3.8) is 0 Å². The Bertz CT molecular complexity index is 948. The van der Waals surface area contributed by atoms with E-state index >= 15 is 0 Å². The van der Waals surface area contributed by atoms with Crippen LogP contribution in [0, 0.1) is 6.92 Å². The first kappa shape index (κ1) is 18.1. The topological polar surface area (TPSA) is 95.6 Å². The van der Waals surface area contributed by atoms with Gasteiger partial charge in [0, 0.05) is 50.7 Å². The van der Waals surface area contributed by atoms with Crippen LogP contribution in [-0.2, 0) is 6.54 Å². The zero-order chi connectivity index (χ0) is 19.5. The van der Waals surface area contributed by atoms with E-state index in [1.807, 2.05) is 13.0 Å². The van der Waals surface area contributed by atoms with E-state index in [4.69, 9.17) is 9.52 Å². The number of hydrogen-bond donors (Lipinski definition) is 1. The van der Waals surface area contributed by atoms with E-state index in [1.165, 1.54) is 0 Å². The molecule has 2 aromatic heterocycles. The fourth-order valence-electron chi connectivity index (χ4n) is 3.23.